The van der Waals surface area contributed by atoms with Crippen LogP contribution in [0.5, 0.6) is 0 Å². The van der Waals surface area contributed by atoms with E-state index >= 15 is 0 Å². The van der Waals surface area contributed by atoms with E-state index in [2.05, 4.69) is 15.9 Å². The minimum atomic E-state index is -0.167. The molecule has 1 unspecified atom stereocenters. The van der Waals surface area contributed by atoms with Gasteiger partial charge in [-0.25, -0.2) is 0 Å². The molecular formula is C10H13BrClNO3. The maximum Gasteiger partial charge on any atom is 0.258 e. The Kier molecular flexibility index (Phi) is 5.31. The fraction of sp³-hybridized carbons (Fsp3) is 0.500. The first-order valence-corrected chi connectivity index (χ1v) is 5.97. The van der Waals surface area contributed by atoms with E-state index in [0.717, 1.165) is 0 Å². The number of hydrogen-bond acceptors (Lipinski definition) is 3. The van der Waals surface area contributed by atoms with Gasteiger partial charge >= 0.3 is 0 Å². The van der Waals surface area contributed by atoms with Gasteiger partial charge in [-0.3, -0.25) is 4.79 Å². The number of ether oxygens (including phenoxy) is 1. The van der Waals surface area contributed by atoms with Gasteiger partial charge in [-0.05, 0) is 17.7 Å². The van der Waals surface area contributed by atoms with Crippen LogP contribution in [0.15, 0.2) is 16.7 Å². The second-order valence-corrected chi connectivity index (χ2v) is 4.98. The molecule has 0 aliphatic heterocycles. The number of carbonyl (C=O) groups excluding carboxylic acids is 1. The summed E-state index contributed by atoms with van der Waals surface area (Å²) in [5, 5.41) is 0.120. The lowest BCUT2D eigenvalue weighted by atomic mass is 10.3. The Morgan fingerprint density at radius 3 is 2.94 bits per heavy atom. The van der Waals surface area contributed by atoms with Gasteiger partial charge in [0.15, 0.2) is 0 Å². The molecule has 0 aliphatic rings. The maximum absolute atomic E-state index is 11.9. The number of methoxy groups -OCH3 is 1. The molecule has 6 heteroatoms. The monoisotopic (exact) mass is 309 g/mol. The zero-order valence-corrected chi connectivity index (χ0v) is 11.4. The van der Waals surface area contributed by atoms with Crippen LogP contribution in [0.4, 0.5) is 0 Å². The number of carbonyl (C=O) groups is 1. The van der Waals surface area contributed by atoms with Gasteiger partial charge in [0.1, 0.15) is 0 Å². The van der Waals surface area contributed by atoms with Crippen molar-refractivity contribution < 1.29 is 13.9 Å². The Labute approximate surface area is 108 Å². The highest BCUT2D eigenvalue weighted by atomic mass is 79.9. The highest BCUT2D eigenvalue weighted by Crippen LogP contribution is 2.18. The number of alkyl halides is 1. The molecule has 1 aromatic heterocycles. The summed E-state index contributed by atoms with van der Waals surface area (Å²) in [5.74, 6) is -0.167. The van der Waals surface area contributed by atoms with Crippen LogP contribution in [-0.4, -0.2) is 42.9 Å². The van der Waals surface area contributed by atoms with E-state index in [1.807, 2.05) is 0 Å². The Balaban J connectivity index is 2.58. The zero-order valence-electron chi connectivity index (χ0n) is 9.07. The van der Waals surface area contributed by atoms with Crippen molar-refractivity contribution in [3.63, 3.8) is 0 Å². The third-order valence-corrected chi connectivity index (χ3v) is 2.86. The summed E-state index contributed by atoms with van der Waals surface area (Å²) in [4.78, 5) is 13.5. The van der Waals surface area contributed by atoms with E-state index in [1.54, 1.807) is 25.1 Å². The van der Waals surface area contributed by atoms with Crippen molar-refractivity contribution in [2.24, 2.45) is 0 Å². The topological polar surface area (TPSA) is 42.7 Å². The minimum Gasteiger partial charge on any atom is -0.452 e. The predicted octanol–water partition coefficient (Wildman–Crippen LogP) is 2.41. The smallest absolute Gasteiger partial charge is 0.258 e. The predicted molar refractivity (Wildman–Crippen MR) is 65.3 cm³/mol. The van der Waals surface area contributed by atoms with Crippen LogP contribution < -0.4 is 0 Å². The van der Waals surface area contributed by atoms with Gasteiger partial charge < -0.3 is 14.1 Å². The molecule has 4 nitrogen and oxygen atoms in total. The summed E-state index contributed by atoms with van der Waals surface area (Å²) in [7, 11) is 3.32. The van der Waals surface area contributed by atoms with E-state index < -0.39 is 0 Å². The van der Waals surface area contributed by atoms with E-state index in [-0.39, 0.29) is 16.0 Å². The minimum absolute atomic E-state index is 0.0946. The van der Waals surface area contributed by atoms with Crippen molar-refractivity contribution in [1.29, 1.82) is 0 Å². The maximum atomic E-state index is 11.9. The van der Waals surface area contributed by atoms with Crippen molar-refractivity contribution in [2.45, 2.75) is 4.83 Å². The Morgan fingerprint density at radius 1 is 1.75 bits per heavy atom. The number of halogens is 2. The SMILES string of the molecule is COCC(Br)CN(C)C(=O)c1ccoc1Cl. The molecule has 1 aromatic rings. The lowest BCUT2D eigenvalue weighted by Gasteiger charge is -2.19. The van der Waals surface area contributed by atoms with E-state index in [0.29, 0.717) is 18.7 Å². The summed E-state index contributed by atoms with van der Waals surface area (Å²) in [6, 6.07) is 1.56. The van der Waals surface area contributed by atoms with Crippen LogP contribution in [0.2, 0.25) is 5.22 Å². The summed E-state index contributed by atoms with van der Waals surface area (Å²) in [6.45, 7) is 1.07. The van der Waals surface area contributed by atoms with Gasteiger partial charge in [0.2, 0.25) is 5.22 Å². The standard InChI is InChI=1S/C10H13BrClNO3/c1-13(5-7(11)6-15-2)10(14)8-3-4-16-9(8)12/h3-4,7H,5-6H2,1-2H3. The van der Waals surface area contributed by atoms with Crippen LogP contribution in [0.3, 0.4) is 0 Å². The van der Waals surface area contributed by atoms with Crippen LogP contribution in [0.1, 0.15) is 10.4 Å². The molecule has 0 radical (unpaired) electrons. The van der Waals surface area contributed by atoms with Gasteiger partial charge in [-0.15, -0.1) is 0 Å². The van der Waals surface area contributed by atoms with Crippen molar-refractivity contribution >= 4 is 33.4 Å². The Morgan fingerprint density at radius 2 is 2.44 bits per heavy atom. The molecule has 0 saturated heterocycles. The zero-order chi connectivity index (χ0) is 12.1. The average Bonchev–Trinajstić information content (AvgIpc) is 2.63. The van der Waals surface area contributed by atoms with Crippen molar-refractivity contribution in [3.8, 4) is 0 Å². The van der Waals surface area contributed by atoms with Gasteiger partial charge in [0, 0.05) is 20.7 Å². The third kappa shape index (κ3) is 3.50. The Hall–Kier alpha value is -0.520. The molecule has 1 heterocycles. The van der Waals surface area contributed by atoms with Crippen molar-refractivity contribution in [3.05, 3.63) is 23.1 Å². The molecule has 0 aliphatic carbocycles. The van der Waals surface area contributed by atoms with Gasteiger partial charge in [-0.1, -0.05) is 15.9 Å². The van der Waals surface area contributed by atoms with Crippen LogP contribution in [0, 0.1) is 0 Å². The first kappa shape index (κ1) is 13.5. The molecule has 0 saturated carbocycles. The first-order chi connectivity index (χ1) is 7.56. The first-order valence-electron chi connectivity index (χ1n) is 4.67. The second kappa shape index (κ2) is 6.27. The molecule has 16 heavy (non-hydrogen) atoms. The molecule has 0 N–H and O–H groups in total. The lowest BCUT2D eigenvalue weighted by molar-refractivity contribution is 0.0783. The molecule has 0 aromatic carbocycles. The normalized spacial score (nSPS) is 12.5. The quantitative estimate of drug-likeness (QED) is 0.784. The summed E-state index contributed by atoms with van der Waals surface area (Å²) < 4.78 is 9.84. The highest BCUT2D eigenvalue weighted by Gasteiger charge is 2.19. The number of rotatable bonds is 5. The summed E-state index contributed by atoms with van der Waals surface area (Å²) in [6.07, 6.45) is 1.39. The van der Waals surface area contributed by atoms with Gasteiger partial charge in [0.25, 0.3) is 5.91 Å². The molecule has 0 spiro atoms. The third-order valence-electron chi connectivity index (χ3n) is 2.01. The average molecular weight is 311 g/mol. The van der Waals surface area contributed by atoms with Gasteiger partial charge in [-0.2, -0.15) is 0 Å². The van der Waals surface area contributed by atoms with Crippen molar-refractivity contribution in [2.75, 3.05) is 27.3 Å². The van der Waals surface area contributed by atoms with E-state index in [1.165, 1.54) is 6.26 Å². The number of nitrogens with zero attached hydrogens (tertiary/aromatic N) is 1. The van der Waals surface area contributed by atoms with Crippen LogP contribution >= 0.6 is 27.5 Å². The molecule has 0 bridgehead atoms. The fourth-order valence-corrected chi connectivity index (χ4v) is 2.16. The van der Waals surface area contributed by atoms with Crippen molar-refractivity contribution in [1.82, 2.24) is 4.90 Å². The summed E-state index contributed by atoms with van der Waals surface area (Å²) >= 11 is 9.14. The molecule has 90 valence electrons. The lowest BCUT2D eigenvalue weighted by Crippen LogP contribution is -2.33. The summed E-state index contributed by atoms with van der Waals surface area (Å²) in [5.41, 5.74) is 0.376. The van der Waals surface area contributed by atoms with Crippen LogP contribution in [-0.2, 0) is 4.74 Å². The number of furan rings is 1. The molecule has 0 fully saturated rings. The van der Waals surface area contributed by atoms with E-state index in [4.69, 9.17) is 20.8 Å². The Bertz CT molecular complexity index is 356. The van der Waals surface area contributed by atoms with E-state index in [9.17, 15) is 4.79 Å². The highest BCUT2D eigenvalue weighted by molar-refractivity contribution is 9.09. The fourth-order valence-electron chi connectivity index (χ4n) is 1.27. The number of amides is 1. The second-order valence-electron chi connectivity index (χ2n) is 3.35. The number of hydrogen-bond donors (Lipinski definition) is 0. The van der Waals surface area contributed by atoms with Gasteiger partial charge in [0.05, 0.1) is 23.3 Å². The van der Waals surface area contributed by atoms with Crippen LogP contribution in [0.25, 0.3) is 0 Å². The molecular weight excluding hydrogens is 297 g/mol. The molecule has 1 amide bonds. The largest absolute Gasteiger partial charge is 0.452 e. The molecule has 1 rings (SSSR count). The molecule has 1 atom stereocenters.